The van der Waals surface area contributed by atoms with E-state index in [1.165, 1.54) is 6.07 Å². The number of hydrogen-bond acceptors (Lipinski definition) is 2. The van der Waals surface area contributed by atoms with E-state index in [1.54, 1.807) is 6.07 Å². The van der Waals surface area contributed by atoms with Crippen molar-refractivity contribution in [3.05, 3.63) is 29.6 Å². The number of rotatable bonds is 3. The minimum Gasteiger partial charge on any atom is -0.369 e. The van der Waals surface area contributed by atoms with Gasteiger partial charge in [0, 0.05) is 30.7 Å². The Labute approximate surface area is 119 Å². The molecule has 1 aliphatic heterocycles. The van der Waals surface area contributed by atoms with E-state index in [0.717, 1.165) is 50.0 Å². The molecule has 1 amide bonds. The molecule has 3 rings (SSSR count). The van der Waals surface area contributed by atoms with Gasteiger partial charge in [0.25, 0.3) is 0 Å². The Morgan fingerprint density at radius 2 is 2.15 bits per heavy atom. The van der Waals surface area contributed by atoms with Crippen molar-refractivity contribution in [1.29, 1.82) is 0 Å². The molecule has 1 heterocycles. The molecule has 1 atom stereocenters. The average Bonchev–Trinajstić information content (AvgIpc) is 3.23. The number of anilines is 1. The van der Waals surface area contributed by atoms with Crippen molar-refractivity contribution in [2.24, 2.45) is 5.92 Å². The lowest BCUT2D eigenvalue weighted by Gasteiger charge is -2.35. The van der Waals surface area contributed by atoms with Crippen LogP contribution in [0.25, 0.3) is 0 Å². The van der Waals surface area contributed by atoms with Gasteiger partial charge < -0.3 is 10.2 Å². The van der Waals surface area contributed by atoms with Crippen LogP contribution in [0.3, 0.4) is 0 Å². The summed E-state index contributed by atoms with van der Waals surface area (Å²) in [5.41, 5.74) is 2.04. The zero-order valence-corrected chi connectivity index (χ0v) is 11.9. The fourth-order valence-electron chi connectivity index (χ4n) is 2.95. The third kappa shape index (κ3) is 2.94. The first-order valence-electron chi connectivity index (χ1n) is 7.45. The number of amides is 1. The highest BCUT2D eigenvalue weighted by atomic mass is 19.1. The standard InChI is InChI=1S/C16H21FN2O/c1-11-9-13(17)6-7-15(11)19-8-2-3-14(10-19)18-16(20)12-4-5-12/h6-7,9,12,14H,2-5,8,10H2,1H3,(H,18,20). The van der Waals surface area contributed by atoms with Gasteiger partial charge in [0.15, 0.2) is 0 Å². The van der Waals surface area contributed by atoms with Gasteiger partial charge in [-0.15, -0.1) is 0 Å². The molecule has 1 N–H and O–H groups in total. The Balaban J connectivity index is 1.66. The van der Waals surface area contributed by atoms with Crippen LogP contribution in [0.4, 0.5) is 10.1 Å². The van der Waals surface area contributed by atoms with Gasteiger partial charge in [0.2, 0.25) is 5.91 Å². The Kier molecular flexibility index (Phi) is 3.64. The van der Waals surface area contributed by atoms with Crippen LogP contribution in [-0.2, 0) is 4.79 Å². The number of nitrogens with zero attached hydrogens (tertiary/aromatic N) is 1. The van der Waals surface area contributed by atoms with E-state index in [2.05, 4.69) is 10.2 Å². The number of piperidine rings is 1. The van der Waals surface area contributed by atoms with E-state index < -0.39 is 0 Å². The third-order valence-electron chi connectivity index (χ3n) is 4.22. The first-order valence-corrected chi connectivity index (χ1v) is 7.45. The molecule has 2 fully saturated rings. The molecule has 1 saturated carbocycles. The molecule has 1 aromatic rings. The van der Waals surface area contributed by atoms with Crippen molar-refractivity contribution >= 4 is 11.6 Å². The number of carbonyl (C=O) groups is 1. The minimum atomic E-state index is -0.193. The Morgan fingerprint density at radius 1 is 1.35 bits per heavy atom. The lowest BCUT2D eigenvalue weighted by Crippen LogP contribution is -2.48. The van der Waals surface area contributed by atoms with Crippen LogP contribution in [-0.4, -0.2) is 25.0 Å². The average molecular weight is 276 g/mol. The monoisotopic (exact) mass is 276 g/mol. The summed E-state index contributed by atoms with van der Waals surface area (Å²) in [6, 6.07) is 5.15. The van der Waals surface area contributed by atoms with Gasteiger partial charge in [-0.25, -0.2) is 4.39 Å². The predicted octanol–water partition coefficient (Wildman–Crippen LogP) is 2.63. The highest BCUT2D eigenvalue weighted by Crippen LogP contribution is 2.30. The zero-order chi connectivity index (χ0) is 14.1. The van der Waals surface area contributed by atoms with Crippen LogP contribution >= 0.6 is 0 Å². The van der Waals surface area contributed by atoms with Crippen LogP contribution in [0.15, 0.2) is 18.2 Å². The van der Waals surface area contributed by atoms with Crippen molar-refractivity contribution in [1.82, 2.24) is 5.32 Å². The zero-order valence-electron chi connectivity index (χ0n) is 11.9. The molecule has 2 aliphatic rings. The van der Waals surface area contributed by atoms with E-state index in [-0.39, 0.29) is 23.7 Å². The summed E-state index contributed by atoms with van der Waals surface area (Å²) in [5, 5.41) is 3.16. The van der Waals surface area contributed by atoms with Gasteiger partial charge >= 0.3 is 0 Å². The number of halogens is 1. The molecule has 1 aromatic carbocycles. The summed E-state index contributed by atoms with van der Waals surface area (Å²) >= 11 is 0. The fourth-order valence-corrected chi connectivity index (χ4v) is 2.95. The maximum Gasteiger partial charge on any atom is 0.223 e. The molecule has 0 aromatic heterocycles. The largest absolute Gasteiger partial charge is 0.369 e. The third-order valence-corrected chi connectivity index (χ3v) is 4.22. The van der Waals surface area contributed by atoms with Crippen LogP contribution in [0.5, 0.6) is 0 Å². The van der Waals surface area contributed by atoms with Crippen LogP contribution < -0.4 is 10.2 Å². The normalized spacial score (nSPS) is 22.7. The molecule has 1 saturated heterocycles. The number of carbonyl (C=O) groups excluding carboxylic acids is 1. The van der Waals surface area contributed by atoms with Crippen molar-refractivity contribution in [3.8, 4) is 0 Å². The number of hydrogen-bond donors (Lipinski definition) is 1. The van der Waals surface area contributed by atoms with Crippen molar-refractivity contribution in [2.45, 2.75) is 38.6 Å². The van der Waals surface area contributed by atoms with Gasteiger partial charge in [-0.05, 0) is 56.4 Å². The molecule has 1 unspecified atom stereocenters. The molecule has 1 aliphatic carbocycles. The van der Waals surface area contributed by atoms with Crippen LogP contribution in [0, 0.1) is 18.7 Å². The summed E-state index contributed by atoms with van der Waals surface area (Å²) in [7, 11) is 0. The molecule has 0 radical (unpaired) electrons. The summed E-state index contributed by atoms with van der Waals surface area (Å²) in [6.07, 6.45) is 4.18. The predicted molar refractivity (Wildman–Crippen MR) is 77.2 cm³/mol. The molecule has 0 spiro atoms. The van der Waals surface area contributed by atoms with Crippen LogP contribution in [0.1, 0.15) is 31.2 Å². The maximum atomic E-state index is 13.2. The summed E-state index contributed by atoms with van der Waals surface area (Å²) < 4.78 is 13.2. The van der Waals surface area contributed by atoms with Gasteiger partial charge in [0.05, 0.1) is 0 Å². The minimum absolute atomic E-state index is 0.193. The van der Waals surface area contributed by atoms with E-state index in [1.807, 2.05) is 13.0 Å². The Bertz CT molecular complexity index is 513. The highest BCUT2D eigenvalue weighted by molar-refractivity contribution is 5.81. The lowest BCUT2D eigenvalue weighted by atomic mass is 10.0. The Morgan fingerprint density at radius 3 is 2.85 bits per heavy atom. The fraction of sp³-hybridized carbons (Fsp3) is 0.562. The number of aryl methyl sites for hydroxylation is 1. The van der Waals surface area contributed by atoms with Crippen molar-refractivity contribution in [3.63, 3.8) is 0 Å². The first-order chi connectivity index (χ1) is 9.63. The van der Waals surface area contributed by atoms with Gasteiger partial charge in [-0.3, -0.25) is 4.79 Å². The highest BCUT2D eigenvalue weighted by Gasteiger charge is 2.32. The second kappa shape index (κ2) is 5.43. The second-order valence-electron chi connectivity index (χ2n) is 6.00. The van der Waals surface area contributed by atoms with Crippen molar-refractivity contribution < 1.29 is 9.18 Å². The first kappa shape index (κ1) is 13.4. The van der Waals surface area contributed by atoms with E-state index >= 15 is 0 Å². The van der Waals surface area contributed by atoms with Gasteiger partial charge in [-0.2, -0.15) is 0 Å². The lowest BCUT2D eigenvalue weighted by molar-refractivity contribution is -0.123. The van der Waals surface area contributed by atoms with E-state index in [9.17, 15) is 9.18 Å². The van der Waals surface area contributed by atoms with Gasteiger partial charge in [-0.1, -0.05) is 0 Å². The van der Waals surface area contributed by atoms with E-state index in [4.69, 9.17) is 0 Å². The van der Waals surface area contributed by atoms with Crippen LogP contribution in [0.2, 0.25) is 0 Å². The Hall–Kier alpha value is -1.58. The SMILES string of the molecule is Cc1cc(F)ccc1N1CCCC(NC(=O)C2CC2)C1. The van der Waals surface area contributed by atoms with E-state index in [0.29, 0.717) is 0 Å². The summed E-state index contributed by atoms with van der Waals surface area (Å²) in [5.74, 6) is 0.285. The second-order valence-corrected chi connectivity index (χ2v) is 6.00. The molecule has 108 valence electrons. The molecular formula is C16H21FN2O. The smallest absolute Gasteiger partial charge is 0.223 e. The molecule has 4 heteroatoms. The molecule has 20 heavy (non-hydrogen) atoms. The quantitative estimate of drug-likeness (QED) is 0.920. The summed E-state index contributed by atoms with van der Waals surface area (Å²) in [6.45, 7) is 3.73. The topological polar surface area (TPSA) is 32.3 Å². The maximum absolute atomic E-state index is 13.2. The molecule has 0 bridgehead atoms. The number of nitrogens with one attached hydrogen (secondary N) is 1. The molecular weight excluding hydrogens is 255 g/mol. The van der Waals surface area contributed by atoms with Crippen molar-refractivity contribution in [2.75, 3.05) is 18.0 Å². The molecule has 3 nitrogen and oxygen atoms in total. The summed E-state index contributed by atoms with van der Waals surface area (Å²) in [4.78, 5) is 14.1. The van der Waals surface area contributed by atoms with Gasteiger partial charge in [0.1, 0.15) is 5.82 Å². The number of benzene rings is 1.